The fourth-order valence-corrected chi connectivity index (χ4v) is 6.72. The van der Waals surface area contributed by atoms with Crippen molar-refractivity contribution in [2.75, 3.05) is 6.16 Å². The Balaban J connectivity index is 0.000000701. The van der Waals surface area contributed by atoms with E-state index in [0.29, 0.717) is 6.16 Å². The molecule has 0 bridgehead atoms. The molecular formula is C21H19O3P. The molecule has 3 aromatic carbocycles. The maximum atomic E-state index is 11.6. The van der Waals surface area contributed by atoms with E-state index in [1.54, 1.807) is 0 Å². The summed E-state index contributed by atoms with van der Waals surface area (Å²) in [7, 11) is -1.92. The second kappa shape index (κ2) is 9.51. The fourth-order valence-electron chi connectivity index (χ4n) is 2.92. The predicted molar refractivity (Wildman–Crippen MR) is 102 cm³/mol. The number of carbonyl (C=O) groups is 2. The van der Waals surface area contributed by atoms with Crippen molar-refractivity contribution in [3.05, 3.63) is 91.0 Å². The first-order valence-corrected chi connectivity index (χ1v) is 9.81. The standard InChI is InChI=1S/C20H18OP.CH2O2/c21-16-17-22(18-10-4-1-5-11-18,19-12-6-2-7-13-19)20-14-8-3-9-15-20;2-1-3/h1-16H,17H2;1H,(H,2,3)/q+1;/p-1. The van der Waals surface area contributed by atoms with E-state index >= 15 is 0 Å². The first-order valence-electron chi connectivity index (χ1n) is 7.83. The molecule has 126 valence electrons. The molecule has 0 aliphatic heterocycles. The van der Waals surface area contributed by atoms with Gasteiger partial charge in [-0.05, 0) is 36.4 Å². The molecule has 0 aliphatic rings. The largest absolute Gasteiger partial charge is 0.554 e. The van der Waals surface area contributed by atoms with Gasteiger partial charge < -0.3 is 9.90 Å². The van der Waals surface area contributed by atoms with Crippen LogP contribution in [-0.2, 0) is 9.59 Å². The summed E-state index contributed by atoms with van der Waals surface area (Å²) in [6, 6.07) is 31.3. The lowest BCUT2D eigenvalue weighted by atomic mass is 10.4. The minimum Gasteiger partial charge on any atom is -0.554 e. The van der Waals surface area contributed by atoms with Crippen LogP contribution in [0.15, 0.2) is 91.0 Å². The third-order valence-corrected chi connectivity index (χ3v) is 8.18. The minimum atomic E-state index is -1.92. The van der Waals surface area contributed by atoms with Gasteiger partial charge in [-0.2, -0.15) is 0 Å². The molecule has 3 nitrogen and oxygen atoms in total. The molecule has 0 atom stereocenters. The van der Waals surface area contributed by atoms with Crippen LogP contribution in [0, 0.1) is 0 Å². The van der Waals surface area contributed by atoms with Crippen molar-refractivity contribution >= 4 is 35.9 Å². The Morgan fingerprint density at radius 2 is 0.920 bits per heavy atom. The van der Waals surface area contributed by atoms with E-state index in [1.807, 2.05) is 18.2 Å². The number of carbonyl (C=O) groups excluding carboxylic acids is 2. The Morgan fingerprint density at radius 1 is 0.640 bits per heavy atom. The maximum absolute atomic E-state index is 11.6. The summed E-state index contributed by atoms with van der Waals surface area (Å²) in [6.07, 6.45) is 1.60. The zero-order chi connectivity index (χ0) is 18.0. The molecule has 0 fully saturated rings. The highest BCUT2D eigenvalue weighted by Crippen LogP contribution is 2.54. The van der Waals surface area contributed by atoms with Gasteiger partial charge in [-0.3, -0.25) is 4.79 Å². The van der Waals surface area contributed by atoms with Crippen molar-refractivity contribution in [1.82, 2.24) is 0 Å². The van der Waals surface area contributed by atoms with E-state index < -0.39 is 13.7 Å². The Hall–Kier alpha value is -2.77. The Morgan fingerprint density at radius 3 is 1.16 bits per heavy atom. The topological polar surface area (TPSA) is 57.2 Å². The summed E-state index contributed by atoms with van der Waals surface area (Å²) in [5.41, 5.74) is 0. The van der Waals surface area contributed by atoms with Crippen LogP contribution >= 0.6 is 7.26 Å². The third-order valence-electron chi connectivity index (χ3n) is 3.94. The third kappa shape index (κ3) is 4.20. The summed E-state index contributed by atoms with van der Waals surface area (Å²) in [5, 5.41) is 12.0. The van der Waals surface area contributed by atoms with Crippen LogP contribution in [0.1, 0.15) is 0 Å². The lowest BCUT2D eigenvalue weighted by Crippen LogP contribution is -2.33. The number of benzene rings is 3. The lowest BCUT2D eigenvalue weighted by molar-refractivity contribution is -0.283. The molecule has 25 heavy (non-hydrogen) atoms. The van der Waals surface area contributed by atoms with Crippen LogP contribution in [-0.4, -0.2) is 18.9 Å². The molecule has 3 aromatic rings. The Bertz CT molecular complexity index is 677. The van der Waals surface area contributed by atoms with Crippen molar-refractivity contribution in [3.63, 3.8) is 0 Å². The van der Waals surface area contributed by atoms with Gasteiger partial charge in [0.2, 0.25) is 0 Å². The zero-order valence-electron chi connectivity index (χ0n) is 13.7. The van der Waals surface area contributed by atoms with E-state index in [-0.39, 0.29) is 0 Å². The average Bonchev–Trinajstić information content (AvgIpc) is 2.69. The molecule has 0 radical (unpaired) electrons. The first-order chi connectivity index (χ1) is 12.3. The van der Waals surface area contributed by atoms with Gasteiger partial charge in [0.15, 0.2) is 6.29 Å². The number of carboxylic acid groups (broad SMARTS) is 1. The van der Waals surface area contributed by atoms with Crippen LogP contribution in [0.25, 0.3) is 0 Å². The minimum absolute atomic E-state index is 0.500. The second-order valence-electron chi connectivity index (χ2n) is 5.26. The van der Waals surface area contributed by atoms with Crippen LogP contribution in [0.5, 0.6) is 0 Å². The van der Waals surface area contributed by atoms with Crippen LogP contribution < -0.4 is 21.0 Å². The Labute approximate surface area is 148 Å². The van der Waals surface area contributed by atoms with Gasteiger partial charge in [0.1, 0.15) is 29.3 Å². The maximum Gasteiger partial charge on any atom is 0.158 e. The van der Waals surface area contributed by atoms with Gasteiger partial charge in [0, 0.05) is 6.47 Å². The van der Waals surface area contributed by atoms with Crippen molar-refractivity contribution in [1.29, 1.82) is 0 Å². The lowest BCUT2D eigenvalue weighted by Gasteiger charge is -2.25. The van der Waals surface area contributed by atoms with Gasteiger partial charge in [0.25, 0.3) is 0 Å². The molecule has 4 heteroatoms. The van der Waals surface area contributed by atoms with E-state index in [1.165, 1.54) is 15.9 Å². The van der Waals surface area contributed by atoms with Gasteiger partial charge in [0.05, 0.1) is 0 Å². The van der Waals surface area contributed by atoms with Gasteiger partial charge >= 0.3 is 0 Å². The molecular weight excluding hydrogens is 331 g/mol. The van der Waals surface area contributed by atoms with Crippen molar-refractivity contribution < 1.29 is 14.7 Å². The highest BCUT2D eigenvalue weighted by atomic mass is 31.2. The normalized spacial score (nSPS) is 10.2. The summed E-state index contributed by atoms with van der Waals surface area (Å²) >= 11 is 0. The molecule has 0 unspecified atom stereocenters. The number of aldehydes is 1. The molecule has 0 aliphatic carbocycles. The van der Waals surface area contributed by atoms with Crippen LogP contribution in [0.4, 0.5) is 0 Å². The van der Waals surface area contributed by atoms with Crippen molar-refractivity contribution in [2.24, 2.45) is 0 Å². The average molecular weight is 350 g/mol. The summed E-state index contributed by atoms with van der Waals surface area (Å²) in [6.45, 7) is -0.500. The van der Waals surface area contributed by atoms with Crippen LogP contribution in [0.3, 0.4) is 0 Å². The molecule has 0 N–H and O–H groups in total. The van der Waals surface area contributed by atoms with Gasteiger partial charge in [-0.1, -0.05) is 54.6 Å². The smallest absolute Gasteiger partial charge is 0.158 e. The predicted octanol–water partition coefficient (Wildman–Crippen LogP) is 1.55. The molecule has 0 heterocycles. The fraction of sp³-hybridized carbons (Fsp3) is 0.0476. The highest BCUT2D eigenvalue weighted by Gasteiger charge is 2.44. The number of hydrogen-bond acceptors (Lipinski definition) is 3. The first kappa shape index (κ1) is 18.6. The van der Waals surface area contributed by atoms with Crippen LogP contribution in [0.2, 0.25) is 0 Å². The van der Waals surface area contributed by atoms with E-state index in [4.69, 9.17) is 9.90 Å². The van der Waals surface area contributed by atoms with Gasteiger partial charge in [-0.15, -0.1) is 0 Å². The highest BCUT2D eigenvalue weighted by molar-refractivity contribution is 7.96. The summed E-state index contributed by atoms with van der Waals surface area (Å²) < 4.78 is 0. The quantitative estimate of drug-likeness (QED) is 0.518. The summed E-state index contributed by atoms with van der Waals surface area (Å²) in [5.74, 6) is 0. The molecule has 0 spiro atoms. The van der Waals surface area contributed by atoms with Crippen molar-refractivity contribution in [3.8, 4) is 0 Å². The molecule has 0 saturated heterocycles. The van der Waals surface area contributed by atoms with Crippen molar-refractivity contribution in [2.45, 2.75) is 0 Å². The molecule has 3 rings (SSSR count). The summed E-state index contributed by atoms with van der Waals surface area (Å²) in [4.78, 5) is 19.8. The molecule has 0 amide bonds. The number of hydrogen-bond donors (Lipinski definition) is 0. The molecule has 0 aromatic heterocycles. The van der Waals surface area contributed by atoms with E-state index in [0.717, 1.165) is 6.29 Å². The van der Waals surface area contributed by atoms with E-state index in [9.17, 15) is 4.79 Å². The van der Waals surface area contributed by atoms with Gasteiger partial charge in [-0.25, -0.2) is 0 Å². The molecule has 0 saturated carbocycles. The SMILES string of the molecule is O=CC[P+](c1ccccc1)(c1ccccc1)c1ccccc1.O=C[O-]. The second-order valence-corrected chi connectivity index (χ2v) is 8.80. The zero-order valence-corrected chi connectivity index (χ0v) is 14.6. The van der Waals surface area contributed by atoms with E-state index in [2.05, 4.69) is 72.8 Å². The monoisotopic (exact) mass is 350 g/mol. The number of rotatable bonds is 5. The Kier molecular flexibility index (Phi) is 7.06.